The molecule has 0 radical (unpaired) electrons. The van der Waals surface area contributed by atoms with Crippen LogP contribution < -0.4 is 19.5 Å². The molecule has 0 aromatic heterocycles. The largest absolute Gasteiger partial charge is 0.573 e. The minimum atomic E-state index is -4.71. The zero-order valence-electron chi connectivity index (χ0n) is 14.9. The van der Waals surface area contributed by atoms with Crippen LogP contribution in [0.3, 0.4) is 0 Å². The molecule has 2 rings (SSSR count). The Balaban J connectivity index is 1.84. The van der Waals surface area contributed by atoms with E-state index in [1.165, 1.54) is 38.5 Å². The van der Waals surface area contributed by atoms with E-state index in [1.807, 2.05) is 0 Å². The van der Waals surface area contributed by atoms with Gasteiger partial charge in [0.15, 0.2) is 0 Å². The molecule has 8 heteroatoms. The maximum Gasteiger partial charge on any atom is 0.573 e. The number of nitrogens with one attached hydrogen (secondary N) is 1. The van der Waals surface area contributed by atoms with Gasteiger partial charge in [0.1, 0.15) is 17.2 Å². The fraction of sp³-hybridized carbons (Fsp3) is 0.316. The predicted molar refractivity (Wildman–Crippen MR) is 93.1 cm³/mol. The van der Waals surface area contributed by atoms with E-state index in [-0.39, 0.29) is 18.1 Å². The highest BCUT2D eigenvalue weighted by Gasteiger charge is 2.30. The highest BCUT2D eigenvalue weighted by Crippen LogP contribution is 2.24. The van der Waals surface area contributed by atoms with Gasteiger partial charge in [0.2, 0.25) is 5.91 Å². The first-order valence-electron chi connectivity index (χ1n) is 8.13. The minimum absolute atomic E-state index is 0.124. The molecule has 0 unspecified atom stereocenters. The predicted octanol–water partition coefficient (Wildman–Crippen LogP) is 3.50. The van der Waals surface area contributed by atoms with Gasteiger partial charge in [0.25, 0.3) is 0 Å². The standard InChI is InChI=1S/C19H20F3NO4/c1-25-16-7-8-17(26-2)14(11-16)12-18(24)23-10-9-13-3-5-15(6-4-13)27-19(20,21)22/h3-8,11H,9-10,12H2,1-2H3,(H,23,24). The average molecular weight is 383 g/mol. The van der Waals surface area contributed by atoms with Crippen molar-refractivity contribution in [1.29, 1.82) is 0 Å². The second-order valence-electron chi connectivity index (χ2n) is 5.65. The van der Waals surface area contributed by atoms with Gasteiger partial charge in [-0.05, 0) is 42.3 Å². The van der Waals surface area contributed by atoms with Crippen LogP contribution in [0.4, 0.5) is 13.2 Å². The number of carbonyl (C=O) groups excluding carboxylic acids is 1. The second-order valence-corrected chi connectivity index (χ2v) is 5.65. The van der Waals surface area contributed by atoms with Gasteiger partial charge in [-0.15, -0.1) is 13.2 Å². The van der Waals surface area contributed by atoms with Crippen molar-refractivity contribution >= 4 is 5.91 Å². The third kappa shape index (κ3) is 6.73. The Morgan fingerprint density at radius 1 is 1.00 bits per heavy atom. The Bertz CT molecular complexity index is 761. The Morgan fingerprint density at radius 2 is 1.67 bits per heavy atom. The normalized spacial score (nSPS) is 11.0. The van der Waals surface area contributed by atoms with E-state index in [9.17, 15) is 18.0 Å². The van der Waals surface area contributed by atoms with Crippen LogP contribution >= 0.6 is 0 Å². The Hall–Kier alpha value is -2.90. The SMILES string of the molecule is COc1ccc(OC)c(CC(=O)NCCc2ccc(OC(F)(F)F)cc2)c1. The third-order valence-corrected chi connectivity index (χ3v) is 3.73. The summed E-state index contributed by atoms with van der Waals surface area (Å²) in [5, 5.41) is 2.77. The van der Waals surface area contributed by atoms with Crippen molar-refractivity contribution in [3.05, 3.63) is 53.6 Å². The van der Waals surface area contributed by atoms with Gasteiger partial charge >= 0.3 is 6.36 Å². The van der Waals surface area contributed by atoms with Gasteiger partial charge in [0.05, 0.1) is 20.6 Å². The number of ether oxygens (including phenoxy) is 3. The topological polar surface area (TPSA) is 56.8 Å². The summed E-state index contributed by atoms with van der Waals surface area (Å²) in [6, 6.07) is 10.7. The fourth-order valence-corrected chi connectivity index (χ4v) is 2.46. The van der Waals surface area contributed by atoms with Crippen LogP contribution in [0.15, 0.2) is 42.5 Å². The van der Waals surface area contributed by atoms with Gasteiger partial charge in [-0.2, -0.15) is 0 Å². The van der Waals surface area contributed by atoms with Crippen LogP contribution in [-0.2, 0) is 17.6 Å². The molecule has 0 aliphatic heterocycles. The summed E-state index contributed by atoms with van der Waals surface area (Å²) in [5.74, 6) is 0.741. The van der Waals surface area contributed by atoms with Gasteiger partial charge in [0, 0.05) is 12.1 Å². The number of carbonyl (C=O) groups is 1. The Morgan fingerprint density at radius 3 is 2.26 bits per heavy atom. The number of amides is 1. The number of hydrogen-bond acceptors (Lipinski definition) is 4. The van der Waals surface area contributed by atoms with Crippen molar-refractivity contribution in [2.24, 2.45) is 0 Å². The van der Waals surface area contributed by atoms with E-state index in [1.54, 1.807) is 18.2 Å². The van der Waals surface area contributed by atoms with Gasteiger partial charge in [-0.1, -0.05) is 12.1 Å². The molecule has 0 heterocycles. The summed E-state index contributed by atoms with van der Waals surface area (Å²) in [6.45, 7) is 0.352. The van der Waals surface area contributed by atoms with Crippen LogP contribution in [0.2, 0.25) is 0 Å². The monoisotopic (exact) mass is 383 g/mol. The molecule has 1 N–H and O–H groups in total. The van der Waals surface area contributed by atoms with Gasteiger partial charge < -0.3 is 19.5 Å². The molecular weight excluding hydrogens is 363 g/mol. The van der Waals surface area contributed by atoms with Crippen molar-refractivity contribution in [3.8, 4) is 17.2 Å². The molecule has 0 aliphatic rings. The van der Waals surface area contributed by atoms with Crippen LogP contribution in [0, 0.1) is 0 Å². The lowest BCUT2D eigenvalue weighted by Crippen LogP contribution is -2.27. The van der Waals surface area contributed by atoms with Gasteiger partial charge in [-0.3, -0.25) is 4.79 Å². The molecule has 0 spiro atoms. The number of alkyl halides is 3. The third-order valence-electron chi connectivity index (χ3n) is 3.73. The first-order chi connectivity index (χ1) is 12.8. The summed E-state index contributed by atoms with van der Waals surface area (Å²) in [5.41, 5.74) is 1.48. The molecule has 2 aromatic rings. The maximum absolute atomic E-state index is 12.1. The highest BCUT2D eigenvalue weighted by molar-refractivity contribution is 5.79. The van der Waals surface area contributed by atoms with Crippen molar-refractivity contribution in [3.63, 3.8) is 0 Å². The van der Waals surface area contributed by atoms with Crippen molar-refractivity contribution in [2.45, 2.75) is 19.2 Å². The molecule has 0 saturated heterocycles. The van der Waals surface area contributed by atoms with Crippen LogP contribution in [-0.4, -0.2) is 33.0 Å². The molecular formula is C19H20F3NO4. The van der Waals surface area contributed by atoms with E-state index >= 15 is 0 Å². The lowest BCUT2D eigenvalue weighted by Gasteiger charge is -2.11. The Labute approximate surface area is 155 Å². The smallest absolute Gasteiger partial charge is 0.497 e. The molecule has 5 nitrogen and oxygen atoms in total. The van der Waals surface area contributed by atoms with Crippen LogP contribution in [0.25, 0.3) is 0 Å². The highest BCUT2D eigenvalue weighted by atomic mass is 19.4. The van der Waals surface area contributed by atoms with Gasteiger partial charge in [-0.25, -0.2) is 0 Å². The summed E-state index contributed by atoms with van der Waals surface area (Å²) in [4.78, 5) is 12.1. The molecule has 27 heavy (non-hydrogen) atoms. The van der Waals surface area contributed by atoms with E-state index in [0.29, 0.717) is 30.0 Å². The van der Waals surface area contributed by atoms with E-state index in [4.69, 9.17) is 9.47 Å². The van der Waals surface area contributed by atoms with Crippen LogP contribution in [0.5, 0.6) is 17.2 Å². The lowest BCUT2D eigenvalue weighted by atomic mass is 10.1. The number of halogens is 3. The number of benzene rings is 2. The average Bonchev–Trinajstić information content (AvgIpc) is 2.62. The first-order valence-corrected chi connectivity index (χ1v) is 8.13. The second kappa shape index (κ2) is 9.16. The first kappa shape index (κ1) is 20.4. The summed E-state index contributed by atoms with van der Waals surface area (Å²) in [6.07, 6.45) is -4.11. The Kier molecular flexibility index (Phi) is 6.92. The number of methoxy groups -OCH3 is 2. The molecule has 0 fully saturated rings. The minimum Gasteiger partial charge on any atom is -0.497 e. The van der Waals surface area contributed by atoms with Crippen molar-refractivity contribution in [1.82, 2.24) is 5.32 Å². The molecule has 0 aliphatic carbocycles. The van der Waals surface area contributed by atoms with Crippen LogP contribution in [0.1, 0.15) is 11.1 Å². The molecule has 0 atom stereocenters. The zero-order valence-corrected chi connectivity index (χ0v) is 14.9. The van der Waals surface area contributed by atoms with E-state index in [0.717, 1.165) is 5.56 Å². The molecule has 0 saturated carbocycles. The van der Waals surface area contributed by atoms with Crippen molar-refractivity contribution in [2.75, 3.05) is 20.8 Å². The van der Waals surface area contributed by atoms with E-state index in [2.05, 4.69) is 10.1 Å². The molecule has 0 bridgehead atoms. The molecule has 1 amide bonds. The number of rotatable bonds is 8. The summed E-state index contributed by atoms with van der Waals surface area (Å²) >= 11 is 0. The lowest BCUT2D eigenvalue weighted by molar-refractivity contribution is -0.274. The van der Waals surface area contributed by atoms with E-state index < -0.39 is 6.36 Å². The maximum atomic E-state index is 12.1. The summed E-state index contributed by atoms with van der Waals surface area (Å²) in [7, 11) is 3.06. The zero-order chi connectivity index (χ0) is 19.9. The number of hydrogen-bond donors (Lipinski definition) is 1. The van der Waals surface area contributed by atoms with Crippen molar-refractivity contribution < 1.29 is 32.2 Å². The quantitative estimate of drug-likeness (QED) is 0.758. The fourth-order valence-electron chi connectivity index (χ4n) is 2.46. The molecule has 146 valence electrons. The summed E-state index contributed by atoms with van der Waals surface area (Å²) < 4.78 is 50.6. The molecule has 2 aromatic carbocycles.